The molecule has 126 valence electrons. The highest BCUT2D eigenvalue weighted by atomic mass is 15.3. The number of benzene rings is 2. The molecule has 2 aromatic carbocycles. The Labute approximate surface area is 153 Å². The summed E-state index contributed by atoms with van der Waals surface area (Å²) in [4.78, 5) is 7.40. The van der Waals surface area contributed by atoms with Gasteiger partial charge in [0, 0.05) is 29.3 Å². The normalized spacial score (nSPS) is 23.6. The molecular formula is C23H19N3. The van der Waals surface area contributed by atoms with Crippen LogP contribution in [0.2, 0.25) is 0 Å². The molecule has 3 heteroatoms. The molecule has 0 saturated carbocycles. The number of hydrogen-bond donors (Lipinski definition) is 1. The summed E-state index contributed by atoms with van der Waals surface area (Å²) in [7, 11) is 0. The van der Waals surface area contributed by atoms with Gasteiger partial charge in [-0.05, 0) is 48.2 Å². The van der Waals surface area contributed by atoms with Gasteiger partial charge >= 0.3 is 0 Å². The third-order valence-electron chi connectivity index (χ3n) is 6.18. The maximum Gasteiger partial charge on any atom is 0.129 e. The summed E-state index contributed by atoms with van der Waals surface area (Å²) in [5, 5.41) is 3.55. The minimum absolute atomic E-state index is 0.128. The van der Waals surface area contributed by atoms with Crippen molar-refractivity contribution in [1.82, 2.24) is 10.3 Å². The van der Waals surface area contributed by atoms with Gasteiger partial charge in [-0.25, -0.2) is 0 Å². The van der Waals surface area contributed by atoms with Crippen LogP contribution in [-0.4, -0.2) is 4.98 Å². The molecule has 3 aliphatic rings. The van der Waals surface area contributed by atoms with E-state index in [1.54, 1.807) is 0 Å². The molecule has 0 amide bonds. The van der Waals surface area contributed by atoms with Crippen molar-refractivity contribution in [3.05, 3.63) is 95.1 Å². The lowest BCUT2D eigenvalue weighted by Crippen LogP contribution is -2.26. The van der Waals surface area contributed by atoms with Crippen molar-refractivity contribution in [2.75, 3.05) is 4.90 Å². The van der Waals surface area contributed by atoms with Crippen LogP contribution >= 0.6 is 0 Å². The largest absolute Gasteiger partial charge is 0.366 e. The Balaban J connectivity index is 1.82. The Hall–Kier alpha value is -3.07. The fourth-order valence-electron chi connectivity index (χ4n) is 5.08. The van der Waals surface area contributed by atoms with E-state index in [2.05, 4.69) is 84.9 Å². The summed E-state index contributed by atoms with van der Waals surface area (Å²) in [5.74, 6) is 0. The van der Waals surface area contributed by atoms with E-state index in [1.807, 2.05) is 6.20 Å². The molecule has 1 aromatic heterocycles. The van der Waals surface area contributed by atoms with Crippen LogP contribution in [0, 0.1) is 6.92 Å². The van der Waals surface area contributed by atoms with Crippen LogP contribution in [0.5, 0.6) is 0 Å². The number of aryl methyl sites for hydroxylation is 1. The van der Waals surface area contributed by atoms with E-state index in [-0.39, 0.29) is 11.6 Å². The number of nitrogens with zero attached hydrogens (tertiary/aromatic N) is 2. The van der Waals surface area contributed by atoms with Gasteiger partial charge in [0.15, 0.2) is 0 Å². The van der Waals surface area contributed by atoms with Crippen LogP contribution in [-0.2, 0) is 5.41 Å². The van der Waals surface area contributed by atoms with Gasteiger partial charge in [-0.3, -0.25) is 4.98 Å². The number of anilines is 1. The van der Waals surface area contributed by atoms with Gasteiger partial charge in [-0.1, -0.05) is 42.5 Å². The van der Waals surface area contributed by atoms with E-state index in [0.29, 0.717) is 0 Å². The number of pyridine rings is 1. The molecule has 0 spiro atoms. The maximum absolute atomic E-state index is 5.04. The van der Waals surface area contributed by atoms with Crippen LogP contribution in [0.4, 0.5) is 5.69 Å². The van der Waals surface area contributed by atoms with Crippen molar-refractivity contribution < 1.29 is 0 Å². The minimum atomic E-state index is -0.246. The second-order valence-corrected chi connectivity index (χ2v) is 7.55. The van der Waals surface area contributed by atoms with Gasteiger partial charge < -0.3 is 10.2 Å². The smallest absolute Gasteiger partial charge is 0.129 e. The predicted octanol–water partition coefficient (Wildman–Crippen LogP) is 4.62. The van der Waals surface area contributed by atoms with Crippen molar-refractivity contribution in [2.24, 2.45) is 0 Å². The van der Waals surface area contributed by atoms with Crippen LogP contribution in [0.3, 0.4) is 0 Å². The van der Waals surface area contributed by atoms with Gasteiger partial charge in [0.2, 0.25) is 0 Å². The van der Waals surface area contributed by atoms with Crippen LogP contribution in [0.1, 0.15) is 41.2 Å². The van der Waals surface area contributed by atoms with E-state index in [4.69, 9.17) is 4.98 Å². The molecule has 26 heavy (non-hydrogen) atoms. The van der Waals surface area contributed by atoms with Gasteiger partial charge in [0.05, 0.1) is 11.1 Å². The molecule has 0 bridgehead atoms. The third kappa shape index (κ3) is 1.48. The standard InChI is InChI=1S/C23H19N3/c1-14-10-11-16-15-6-5-7-17-20(15)23(2,21(16)25-14)18-8-3-4-9-19(18)26-13-12-24-22(17)26/h3-13,22,24H,1-2H3. The number of para-hydroxylation sites is 1. The Morgan fingerprint density at radius 2 is 1.88 bits per heavy atom. The quantitative estimate of drug-likeness (QED) is 0.649. The number of nitrogens with one attached hydrogen (secondary N) is 1. The molecule has 2 atom stereocenters. The monoisotopic (exact) mass is 337 g/mol. The number of rotatable bonds is 0. The van der Waals surface area contributed by atoms with E-state index in [1.165, 1.54) is 39.2 Å². The lowest BCUT2D eigenvalue weighted by atomic mass is 9.74. The van der Waals surface area contributed by atoms with E-state index in [0.717, 1.165) is 5.69 Å². The zero-order valence-electron chi connectivity index (χ0n) is 14.8. The highest BCUT2D eigenvalue weighted by Crippen LogP contribution is 2.58. The molecule has 0 radical (unpaired) electrons. The zero-order valence-corrected chi connectivity index (χ0v) is 14.8. The molecule has 1 aliphatic carbocycles. The number of aromatic nitrogens is 1. The molecule has 3 aromatic rings. The molecule has 2 unspecified atom stereocenters. The van der Waals surface area contributed by atoms with Crippen molar-refractivity contribution >= 4 is 5.69 Å². The van der Waals surface area contributed by atoms with E-state index < -0.39 is 0 Å². The van der Waals surface area contributed by atoms with Gasteiger partial charge in [-0.2, -0.15) is 0 Å². The first-order chi connectivity index (χ1) is 12.7. The third-order valence-corrected chi connectivity index (χ3v) is 6.18. The summed E-state index contributed by atoms with van der Waals surface area (Å²) >= 11 is 0. The maximum atomic E-state index is 5.04. The first-order valence-electron chi connectivity index (χ1n) is 9.12. The van der Waals surface area contributed by atoms with Crippen molar-refractivity contribution in [1.29, 1.82) is 0 Å². The minimum Gasteiger partial charge on any atom is -0.366 e. The van der Waals surface area contributed by atoms with Gasteiger partial charge in [-0.15, -0.1) is 0 Å². The van der Waals surface area contributed by atoms with Crippen LogP contribution in [0.15, 0.2) is 67.0 Å². The van der Waals surface area contributed by atoms with Crippen molar-refractivity contribution in [3.63, 3.8) is 0 Å². The van der Waals surface area contributed by atoms with Crippen LogP contribution in [0.25, 0.3) is 11.1 Å². The molecule has 0 saturated heterocycles. The first-order valence-corrected chi connectivity index (χ1v) is 9.12. The van der Waals surface area contributed by atoms with Gasteiger partial charge in [0.1, 0.15) is 6.17 Å². The Morgan fingerprint density at radius 1 is 1.00 bits per heavy atom. The number of fused-ring (bicyclic) bond motifs is 8. The summed E-state index contributed by atoms with van der Waals surface area (Å²) in [6, 6.07) is 19.8. The highest BCUT2D eigenvalue weighted by Gasteiger charge is 2.49. The number of hydrogen-bond acceptors (Lipinski definition) is 3. The second-order valence-electron chi connectivity index (χ2n) is 7.55. The molecule has 2 aliphatic heterocycles. The summed E-state index contributed by atoms with van der Waals surface area (Å²) < 4.78 is 0. The molecule has 1 N–H and O–H groups in total. The molecule has 3 heterocycles. The molecule has 6 rings (SSSR count). The second kappa shape index (κ2) is 4.55. The van der Waals surface area contributed by atoms with Crippen LogP contribution < -0.4 is 10.2 Å². The lowest BCUT2D eigenvalue weighted by Gasteiger charge is -2.29. The summed E-state index contributed by atoms with van der Waals surface area (Å²) in [6.07, 6.45) is 4.33. The summed E-state index contributed by atoms with van der Waals surface area (Å²) in [6.45, 7) is 4.43. The Kier molecular flexibility index (Phi) is 2.48. The topological polar surface area (TPSA) is 28.2 Å². The fourth-order valence-corrected chi connectivity index (χ4v) is 5.08. The molecule has 0 fully saturated rings. The van der Waals surface area contributed by atoms with Crippen molar-refractivity contribution in [2.45, 2.75) is 25.4 Å². The Bertz CT molecular complexity index is 1110. The highest BCUT2D eigenvalue weighted by molar-refractivity contribution is 5.86. The average Bonchev–Trinajstić information content (AvgIpc) is 3.22. The first kappa shape index (κ1) is 14.1. The fraction of sp³-hybridized carbons (Fsp3) is 0.174. The predicted molar refractivity (Wildman–Crippen MR) is 104 cm³/mol. The average molecular weight is 337 g/mol. The molecular weight excluding hydrogens is 318 g/mol. The van der Waals surface area contributed by atoms with Gasteiger partial charge in [0.25, 0.3) is 0 Å². The van der Waals surface area contributed by atoms with E-state index in [9.17, 15) is 0 Å². The van der Waals surface area contributed by atoms with Crippen molar-refractivity contribution in [3.8, 4) is 11.1 Å². The zero-order chi connectivity index (χ0) is 17.5. The van der Waals surface area contributed by atoms with E-state index >= 15 is 0 Å². The Morgan fingerprint density at radius 3 is 2.81 bits per heavy atom. The SMILES string of the molecule is Cc1ccc2c(n1)C1(C)c3ccccc3N3C=CNC3c3cccc-2c31. The lowest BCUT2D eigenvalue weighted by molar-refractivity contribution is 0.651. The molecule has 3 nitrogen and oxygen atoms in total. The summed E-state index contributed by atoms with van der Waals surface area (Å²) in [5.41, 5.74) is 9.88.